The smallest absolute Gasteiger partial charge is 0.258 e. The van der Waals surface area contributed by atoms with Gasteiger partial charge < -0.3 is 0 Å². The summed E-state index contributed by atoms with van der Waals surface area (Å²) in [4.78, 5) is 10.3. The van der Waals surface area contributed by atoms with Crippen LogP contribution in [-0.2, 0) is 0 Å². The first kappa shape index (κ1) is 14.4. The van der Waals surface area contributed by atoms with E-state index >= 15 is 0 Å². The fraction of sp³-hybridized carbons (Fsp3) is 0. The van der Waals surface area contributed by atoms with Crippen LogP contribution in [0.2, 0.25) is 20.1 Å². The van der Waals surface area contributed by atoms with Crippen molar-refractivity contribution < 1.29 is 4.92 Å². The van der Waals surface area contributed by atoms with Crippen molar-refractivity contribution in [3.05, 3.63) is 60.5 Å². The van der Waals surface area contributed by atoms with Crippen LogP contribution in [0.1, 0.15) is 0 Å². The van der Waals surface area contributed by atoms with Gasteiger partial charge in [0.05, 0.1) is 20.0 Å². The van der Waals surface area contributed by atoms with E-state index in [-0.39, 0.29) is 20.8 Å². The fourth-order valence-corrected chi connectivity index (χ4v) is 2.40. The minimum Gasteiger partial charge on any atom is -0.258 e. The number of benzene rings is 2. The zero-order valence-corrected chi connectivity index (χ0v) is 12.2. The predicted molar refractivity (Wildman–Crippen MR) is 78.6 cm³/mol. The summed E-state index contributed by atoms with van der Waals surface area (Å²) >= 11 is 23.6. The first-order valence-corrected chi connectivity index (χ1v) is 6.51. The second kappa shape index (κ2) is 5.55. The molecular weight excluding hydrogens is 332 g/mol. The molecule has 2 rings (SSSR count). The number of halogens is 4. The first-order chi connectivity index (χ1) is 8.91. The van der Waals surface area contributed by atoms with Crippen LogP contribution in [0.25, 0.3) is 11.1 Å². The molecule has 19 heavy (non-hydrogen) atoms. The molecule has 0 N–H and O–H groups in total. The lowest BCUT2D eigenvalue weighted by Crippen LogP contribution is -1.90. The zero-order valence-electron chi connectivity index (χ0n) is 9.16. The van der Waals surface area contributed by atoms with Gasteiger partial charge in [0.2, 0.25) is 0 Å². The van der Waals surface area contributed by atoms with Crippen LogP contribution in [-0.4, -0.2) is 4.92 Å². The van der Waals surface area contributed by atoms with Gasteiger partial charge in [-0.15, -0.1) is 0 Å². The number of nitro groups is 1. The number of nitrogens with zero attached hydrogens (tertiary/aromatic N) is 1. The molecule has 0 saturated heterocycles. The quantitative estimate of drug-likeness (QED) is 0.390. The molecule has 98 valence electrons. The standard InChI is InChI=1S/C12H5Cl4NO2/c13-8-3-1-6(5-10(8)17(18)19)7-2-4-9(14)12(16)11(7)15/h1-5H. The van der Waals surface area contributed by atoms with Gasteiger partial charge in [0, 0.05) is 11.6 Å². The van der Waals surface area contributed by atoms with Gasteiger partial charge in [-0.3, -0.25) is 10.1 Å². The summed E-state index contributed by atoms with van der Waals surface area (Å²) in [5.41, 5.74) is 0.900. The number of rotatable bonds is 2. The Balaban J connectivity index is 2.63. The van der Waals surface area contributed by atoms with Crippen molar-refractivity contribution in [2.75, 3.05) is 0 Å². The van der Waals surface area contributed by atoms with Crippen LogP contribution in [0.5, 0.6) is 0 Å². The molecule has 0 bridgehead atoms. The van der Waals surface area contributed by atoms with E-state index in [0.29, 0.717) is 16.1 Å². The van der Waals surface area contributed by atoms with Gasteiger partial charge in [-0.05, 0) is 17.7 Å². The molecule has 0 atom stereocenters. The number of nitro benzene ring substituents is 1. The highest BCUT2D eigenvalue weighted by atomic mass is 35.5. The van der Waals surface area contributed by atoms with Crippen molar-refractivity contribution >= 4 is 52.1 Å². The molecule has 0 fully saturated rings. The molecule has 0 aliphatic heterocycles. The minimum atomic E-state index is -0.558. The van der Waals surface area contributed by atoms with E-state index < -0.39 is 4.92 Å². The highest BCUT2D eigenvalue weighted by Gasteiger charge is 2.16. The summed E-state index contributed by atoms with van der Waals surface area (Å²) in [7, 11) is 0. The third-order valence-electron chi connectivity index (χ3n) is 2.49. The molecular formula is C12H5Cl4NO2. The van der Waals surface area contributed by atoms with Crippen molar-refractivity contribution in [3.8, 4) is 11.1 Å². The van der Waals surface area contributed by atoms with Crippen molar-refractivity contribution in [2.24, 2.45) is 0 Å². The SMILES string of the molecule is O=[N+]([O-])c1cc(-c2ccc(Cl)c(Cl)c2Cl)ccc1Cl. The Morgan fingerprint density at radius 2 is 1.53 bits per heavy atom. The lowest BCUT2D eigenvalue weighted by molar-refractivity contribution is -0.384. The third-order valence-corrected chi connectivity index (χ3v) is 4.10. The third kappa shape index (κ3) is 2.79. The van der Waals surface area contributed by atoms with Crippen LogP contribution in [0.3, 0.4) is 0 Å². The Morgan fingerprint density at radius 3 is 2.16 bits per heavy atom. The maximum atomic E-state index is 10.9. The molecule has 0 aliphatic rings. The summed E-state index contributed by atoms with van der Waals surface area (Å²) in [6.45, 7) is 0. The average molecular weight is 337 g/mol. The second-order valence-electron chi connectivity index (χ2n) is 3.65. The molecule has 2 aromatic carbocycles. The Bertz CT molecular complexity index is 673. The highest BCUT2D eigenvalue weighted by molar-refractivity contribution is 6.49. The summed E-state index contributed by atoms with van der Waals surface area (Å²) in [5, 5.41) is 11.7. The Hall–Kier alpha value is -1.000. The summed E-state index contributed by atoms with van der Waals surface area (Å²) in [6.07, 6.45) is 0. The van der Waals surface area contributed by atoms with E-state index in [0.717, 1.165) is 0 Å². The molecule has 0 heterocycles. The summed E-state index contributed by atoms with van der Waals surface area (Å²) in [6, 6.07) is 7.62. The van der Waals surface area contributed by atoms with Crippen molar-refractivity contribution in [2.45, 2.75) is 0 Å². The van der Waals surface area contributed by atoms with Crippen LogP contribution in [0.15, 0.2) is 30.3 Å². The van der Waals surface area contributed by atoms with Crippen molar-refractivity contribution in [1.82, 2.24) is 0 Å². The predicted octanol–water partition coefficient (Wildman–Crippen LogP) is 5.88. The van der Waals surface area contributed by atoms with Gasteiger partial charge in [-0.25, -0.2) is 0 Å². The summed E-state index contributed by atoms with van der Waals surface area (Å²) in [5.74, 6) is 0. The van der Waals surface area contributed by atoms with E-state index in [1.165, 1.54) is 12.1 Å². The van der Waals surface area contributed by atoms with Gasteiger partial charge in [0.1, 0.15) is 5.02 Å². The van der Waals surface area contributed by atoms with Crippen LogP contribution >= 0.6 is 46.4 Å². The van der Waals surface area contributed by atoms with Gasteiger partial charge in [0.25, 0.3) is 5.69 Å². The zero-order chi connectivity index (χ0) is 14.2. The average Bonchev–Trinajstić information content (AvgIpc) is 2.37. The van der Waals surface area contributed by atoms with Crippen molar-refractivity contribution in [3.63, 3.8) is 0 Å². The van der Waals surface area contributed by atoms with Gasteiger partial charge >= 0.3 is 0 Å². The van der Waals surface area contributed by atoms with E-state index in [2.05, 4.69) is 0 Å². The highest BCUT2D eigenvalue weighted by Crippen LogP contribution is 2.39. The minimum absolute atomic E-state index is 0.0601. The Labute approximate surface area is 128 Å². The maximum Gasteiger partial charge on any atom is 0.288 e. The molecule has 2 aromatic rings. The number of hydrogen-bond acceptors (Lipinski definition) is 2. The molecule has 0 saturated carbocycles. The topological polar surface area (TPSA) is 43.1 Å². The lowest BCUT2D eigenvalue weighted by atomic mass is 10.1. The van der Waals surface area contributed by atoms with E-state index in [1.807, 2.05) is 0 Å². The molecule has 0 radical (unpaired) electrons. The molecule has 0 aliphatic carbocycles. The lowest BCUT2D eigenvalue weighted by Gasteiger charge is -2.08. The van der Waals surface area contributed by atoms with E-state index in [1.54, 1.807) is 18.2 Å². The summed E-state index contributed by atoms with van der Waals surface area (Å²) < 4.78 is 0. The molecule has 7 heteroatoms. The van der Waals surface area contributed by atoms with Gasteiger partial charge in [0.15, 0.2) is 0 Å². The van der Waals surface area contributed by atoms with E-state index in [9.17, 15) is 10.1 Å². The molecule has 0 amide bonds. The normalized spacial score (nSPS) is 10.5. The molecule has 0 aromatic heterocycles. The van der Waals surface area contributed by atoms with Crippen LogP contribution in [0, 0.1) is 10.1 Å². The fourth-order valence-electron chi connectivity index (χ4n) is 1.57. The Morgan fingerprint density at radius 1 is 0.895 bits per heavy atom. The Kier molecular flexibility index (Phi) is 4.21. The number of hydrogen-bond donors (Lipinski definition) is 0. The van der Waals surface area contributed by atoms with Crippen molar-refractivity contribution in [1.29, 1.82) is 0 Å². The second-order valence-corrected chi connectivity index (χ2v) is 5.22. The molecule has 3 nitrogen and oxygen atoms in total. The van der Waals surface area contributed by atoms with Gasteiger partial charge in [-0.2, -0.15) is 0 Å². The van der Waals surface area contributed by atoms with Crippen LogP contribution < -0.4 is 0 Å². The molecule has 0 spiro atoms. The molecule has 0 unspecified atom stereocenters. The van der Waals surface area contributed by atoms with E-state index in [4.69, 9.17) is 46.4 Å². The maximum absolute atomic E-state index is 10.9. The largest absolute Gasteiger partial charge is 0.288 e. The first-order valence-electron chi connectivity index (χ1n) is 4.99. The van der Waals surface area contributed by atoms with Crippen LogP contribution in [0.4, 0.5) is 5.69 Å². The van der Waals surface area contributed by atoms with Gasteiger partial charge in [-0.1, -0.05) is 58.5 Å². The monoisotopic (exact) mass is 335 g/mol.